The summed E-state index contributed by atoms with van der Waals surface area (Å²) >= 11 is 0. The summed E-state index contributed by atoms with van der Waals surface area (Å²) in [5.74, 6) is 0. The van der Waals surface area contributed by atoms with Crippen LogP contribution in [0.15, 0.2) is 23.3 Å². The lowest BCUT2D eigenvalue weighted by Crippen LogP contribution is -1.76. The second-order valence-corrected chi connectivity index (χ2v) is 2.15. The normalized spacial score (nSPS) is 10.8. The molecule has 0 heterocycles. The first-order valence-corrected chi connectivity index (χ1v) is 3.02. The van der Waals surface area contributed by atoms with Gasteiger partial charge >= 0.3 is 0 Å². The van der Waals surface area contributed by atoms with Crippen LogP contribution in [0.25, 0.3) is 0 Å². The Morgan fingerprint density at radius 3 is 2.00 bits per heavy atom. The molecule has 0 aliphatic carbocycles. The van der Waals surface area contributed by atoms with Crippen molar-refractivity contribution in [3.8, 4) is 0 Å². The second kappa shape index (κ2) is 4.07. The van der Waals surface area contributed by atoms with Crippen LogP contribution in [-0.2, 0) is 0 Å². The van der Waals surface area contributed by atoms with Crippen molar-refractivity contribution in [2.45, 2.75) is 20.8 Å². The third-order valence-electron chi connectivity index (χ3n) is 0.955. The molecule has 0 unspecified atom stereocenters. The molecule has 0 saturated carbocycles. The lowest BCUT2D eigenvalue weighted by atomic mass is 10.2. The predicted octanol–water partition coefficient (Wildman–Crippen LogP) is 2.55. The Kier molecular flexibility index (Phi) is 3.69. The van der Waals surface area contributed by atoms with E-state index >= 15 is 0 Å². The van der Waals surface area contributed by atoms with E-state index in [9.17, 15) is 0 Å². The monoisotopic (exact) mass is 123 g/mol. The molecule has 0 saturated heterocycles. The zero-order chi connectivity index (χ0) is 7.28. The second-order valence-electron chi connectivity index (χ2n) is 2.15. The summed E-state index contributed by atoms with van der Waals surface area (Å²) in [6.45, 7) is 5.97. The Balaban J connectivity index is 4.18. The van der Waals surface area contributed by atoms with Crippen molar-refractivity contribution >= 4 is 6.21 Å². The van der Waals surface area contributed by atoms with Gasteiger partial charge in [-0.2, -0.15) is 0 Å². The molecule has 0 fully saturated rings. The smallest absolute Gasteiger partial charge is 0.0246 e. The first-order valence-electron chi connectivity index (χ1n) is 3.02. The lowest BCUT2D eigenvalue weighted by molar-refractivity contribution is 1.38. The van der Waals surface area contributed by atoms with E-state index in [0.29, 0.717) is 0 Å². The van der Waals surface area contributed by atoms with Crippen molar-refractivity contribution in [3.63, 3.8) is 0 Å². The number of rotatable bonds is 2. The minimum Gasteiger partial charge on any atom is -0.308 e. The molecule has 1 N–H and O–H groups in total. The molecule has 9 heavy (non-hydrogen) atoms. The van der Waals surface area contributed by atoms with Crippen molar-refractivity contribution < 1.29 is 0 Å². The minimum absolute atomic E-state index is 0.968. The number of nitrogens with one attached hydrogen (secondary N) is 1. The Labute approximate surface area is 56.6 Å². The minimum atomic E-state index is 0.968. The molecule has 50 valence electrons. The summed E-state index contributed by atoms with van der Waals surface area (Å²) in [4.78, 5) is 0. The molecular formula is C8H13N. The molecule has 0 aromatic carbocycles. The first kappa shape index (κ1) is 8.15. The van der Waals surface area contributed by atoms with Gasteiger partial charge in [0.25, 0.3) is 0 Å². The number of hydrogen-bond acceptors (Lipinski definition) is 1. The highest BCUT2D eigenvalue weighted by atomic mass is 14.3. The highest BCUT2D eigenvalue weighted by molar-refractivity contribution is 5.79. The topological polar surface area (TPSA) is 23.9 Å². The maximum absolute atomic E-state index is 6.92. The van der Waals surface area contributed by atoms with E-state index in [-0.39, 0.29) is 0 Å². The van der Waals surface area contributed by atoms with Crippen molar-refractivity contribution in [1.82, 2.24) is 0 Å². The van der Waals surface area contributed by atoms with Gasteiger partial charge in [-0.1, -0.05) is 17.7 Å². The van der Waals surface area contributed by atoms with Crippen molar-refractivity contribution in [3.05, 3.63) is 23.3 Å². The van der Waals surface area contributed by atoms with Gasteiger partial charge in [-0.3, -0.25) is 0 Å². The van der Waals surface area contributed by atoms with E-state index in [1.165, 1.54) is 11.8 Å². The maximum atomic E-state index is 6.92. The summed E-state index contributed by atoms with van der Waals surface area (Å²) < 4.78 is 0. The highest BCUT2D eigenvalue weighted by Gasteiger charge is 1.81. The number of hydrogen-bond donors (Lipinski definition) is 1. The molecule has 1 nitrogen and oxygen atoms in total. The van der Waals surface area contributed by atoms with Crippen molar-refractivity contribution in [1.29, 1.82) is 5.41 Å². The first-order chi connectivity index (χ1) is 4.20. The molecule has 0 amide bonds. The summed E-state index contributed by atoms with van der Waals surface area (Å²) in [6, 6.07) is 0. The van der Waals surface area contributed by atoms with E-state index in [1.807, 2.05) is 32.9 Å². The largest absolute Gasteiger partial charge is 0.308 e. The van der Waals surface area contributed by atoms with Crippen LogP contribution in [-0.4, -0.2) is 6.21 Å². The van der Waals surface area contributed by atoms with Gasteiger partial charge in [0.1, 0.15) is 0 Å². The summed E-state index contributed by atoms with van der Waals surface area (Å²) in [5.41, 5.74) is 2.20. The van der Waals surface area contributed by atoms with Gasteiger partial charge in [-0.25, -0.2) is 0 Å². The predicted molar refractivity (Wildman–Crippen MR) is 42.0 cm³/mol. The molecule has 0 atom stereocenters. The van der Waals surface area contributed by atoms with Crippen LogP contribution >= 0.6 is 0 Å². The Morgan fingerprint density at radius 2 is 1.89 bits per heavy atom. The van der Waals surface area contributed by atoms with Gasteiger partial charge < -0.3 is 5.41 Å². The van der Waals surface area contributed by atoms with E-state index in [0.717, 1.165) is 5.57 Å². The van der Waals surface area contributed by atoms with E-state index in [2.05, 4.69) is 0 Å². The van der Waals surface area contributed by atoms with Gasteiger partial charge in [0.2, 0.25) is 0 Å². The maximum Gasteiger partial charge on any atom is 0.0246 e. The Morgan fingerprint density at radius 1 is 1.33 bits per heavy atom. The highest BCUT2D eigenvalue weighted by Crippen LogP contribution is 1.97. The van der Waals surface area contributed by atoms with E-state index < -0.39 is 0 Å². The molecule has 0 spiro atoms. The van der Waals surface area contributed by atoms with Crippen LogP contribution in [0.4, 0.5) is 0 Å². The fourth-order valence-electron chi connectivity index (χ4n) is 0.542. The van der Waals surface area contributed by atoms with Crippen molar-refractivity contribution in [2.75, 3.05) is 0 Å². The third-order valence-corrected chi connectivity index (χ3v) is 0.955. The fraction of sp³-hybridized carbons (Fsp3) is 0.375. The molecule has 0 aliphatic heterocycles. The van der Waals surface area contributed by atoms with E-state index in [4.69, 9.17) is 5.41 Å². The molecule has 0 rings (SSSR count). The standard InChI is InChI=1S/C8H13N/c1-4-8(6-9)5-7(2)3/h4-6,9H,1-3H3/b8-4+,9-6?. The quantitative estimate of drug-likeness (QED) is 0.431. The zero-order valence-electron chi connectivity index (χ0n) is 6.23. The van der Waals surface area contributed by atoms with Gasteiger partial charge in [-0.15, -0.1) is 0 Å². The van der Waals surface area contributed by atoms with Gasteiger partial charge in [0.05, 0.1) is 0 Å². The van der Waals surface area contributed by atoms with Gasteiger partial charge in [-0.05, 0) is 26.3 Å². The molecule has 0 radical (unpaired) electrons. The molecular weight excluding hydrogens is 110 g/mol. The third kappa shape index (κ3) is 3.71. The molecule has 1 heteroatoms. The van der Waals surface area contributed by atoms with Crippen molar-refractivity contribution in [2.24, 2.45) is 0 Å². The average Bonchev–Trinajstić information content (AvgIpc) is 1.82. The van der Waals surface area contributed by atoms with Crippen LogP contribution < -0.4 is 0 Å². The van der Waals surface area contributed by atoms with Gasteiger partial charge in [0.15, 0.2) is 0 Å². The summed E-state index contributed by atoms with van der Waals surface area (Å²) in [5, 5.41) is 6.92. The van der Waals surface area contributed by atoms with E-state index in [1.54, 1.807) is 0 Å². The molecule has 0 aromatic rings. The molecule has 0 aromatic heterocycles. The van der Waals surface area contributed by atoms with Crippen LogP contribution in [0.1, 0.15) is 20.8 Å². The Bertz CT molecular complexity index is 148. The fourth-order valence-corrected chi connectivity index (χ4v) is 0.542. The average molecular weight is 123 g/mol. The SMILES string of the molecule is C/C=C(/C=N)C=C(C)C. The van der Waals surface area contributed by atoms with Gasteiger partial charge in [0, 0.05) is 6.21 Å². The lowest BCUT2D eigenvalue weighted by Gasteiger charge is -1.89. The van der Waals surface area contributed by atoms with Crippen LogP contribution in [0, 0.1) is 5.41 Å². The van der Waals surface area contributed by atoms with Crippen LogP contribution in [0.2, 0.25) is 0 Å². The van der Waals surface area contributed by atoms with Crippen LogP contribution in [0.3, 0.4) is 0 Å². The van der Waals surface area contributed by atoms with Crippen LogP contribution in [0.5, 0.6) is 0 Å². The summed E-state index contributed by atoms with van der Waals surface area (Å²) in [6.07, 6.45) is 5.25. The molecule has 0 aliphatic rings. The zero-order valence-corrected chi connectivity index (χ0v) is 6.23. The summed E-state index contributed by atoms with van der Waals surface area (Å²) in [7, 11) is 0. The number of allylic oxidation sites excluding steroid dienone is 4. The Hall–Kier alpha value is -0.850. The molecule has 0 bridgehead atoms.